The van der Waals surface area contributed by atoms with Gasteiger partial charge in [0.15, 0.2) is 11.5 Å². The molecule has 0 bridgehead atoms. The molecule has 1 N–H and O–H groups in total. The minimum atomic E-state index is -0.317. The number of ether oxygens (including phenoxy) is 3. The number of hydrogen-bond acceptors (Lipinski definition) is 5. The van der Waals surface area contributed by atoms with Crippen molar-refractivity contribution in [2.24, 2.45) is 5.92 Å². The number of rotatable bonds is 7. The van der Waals surface area contributed by atoms with Crippen molar-refractivity contribution < 1.29 is 19.0 Å². The van der Waals surface area contributed by atoms with Crippen LogP contribution in [-0.4, -0.2) is 19.7 Å². The highest BCUT2D eigenvalue weighted by Crippen LogP contribution is 2.52. The van der Waals surface area contributed by atoms with Crippen LogP contribution >= 0.6 is 27.5 Å². The Bertz CT molecular complexity index is 1320. The third kappa shape index (κ3) is 4.60. The van der Waals surface area contributed by atoms with Crippen molar-refractivity contribution in [2.75, 3.05) is 19.0 Å². The fraction of sp³-hybridized carbons (Fsp3) is 0.276. The van der Waals surface area contributed by atoms with Crippen molar-refractivity contribution in [3.63, 3.8) is 0 Å². The van der Waals surface area contributed by atoms with Crippen molar-refractivity contribution in [1.82, 2.24) is 0 Å². The number of allylic oxidation sites excluding steroid dienone is 2. The number of fused-ring (bicyclic) bond motifs is 3. The number of nitrogens with one attached hydrogen (secondary N) is 1. The van der Waals surface area contributed by atoms with E-state index < -0.39 is 0 Å². The summed E-state index contributed by atoms with van der Waals surface area (Å²) in [6.07, 6.45) is 5.42. The first-order valence-electron chi connectivity index (χ1n) is 12.0. The number of hydrogen-bond donors (Lipinski definition) is 1. The molecule has 0 amide bonds. The van der Waals surface area contributed by atoms with Crippen molar-refractivity contribution in [1.29, 1.82) is 0 Å². The summed E-state index contributed by atoms with van der Waals surface area (Å²) in [6.45, 7) is 2.47. The lowest BCUT2D eigenvalue weighted by molar-refractivity contribution is 0.0527. The van der Waals surface area contributed by atoms with Gasteiger partial charge in [0.05, 0.1) is 35.5 Å². The van der Waals surface area contributed by atoms with Crippen molar-refractivity contribution >= 4 is 39.2 Å². The van der Waals surface area contributed by atoms with Crippen LogP contribution < -0.4 is 14.8 Å². The summed E-state index contributed by atoms with van der Waals surface area (Å²) in [5, 5.41) is 4.34. The zero-order valence-corrected chi connectivity index (χ0v) is 22.4. The van der Waals surface area contributed by atoms with E-state index >= 15 is 0 Å². The SMILES string of the molecule is CCOC(=O)c1cccc2c1N[C@@H](c1cc(Br)c(OCc3ccccc3Cl)c(OC)c1)[C@H]1CC=C[C@@H]21. The third-order valence-electron chi connectivity index (χ3n) is 6.83. The Morgan fingerprint density at radius 3 is 2.78 bits per heavy atom. The van der Waals surface area contributed by atoms with Gasteiger partial charge in [-0.25, -0.2) is 4.79 Å². The summed E-state index contributed by atoms with van der Waals surface area (Å²) in [6, 6.07) is 17.5. The zero-order chi connectivity index (χ0) is 25.2. The molecule has 3 aromatic rings. The molecule has 5 nitrogen and oxygen atoms in total. The Hall–Kier alpha value is -2.96. The van der Waals surface area contributed by atoms with Gasteiger partial charge < -0.3 is 19.5 Å². The minimum Gasteiger partial charge on any atom is -0.493 e. The lowest BCUT2D eigenvalue weighted by atomic mass is 9.76. The summed E-state index contributed by atoms with van der Waals surface area (Å²) in [7, 11) is 1.64. The molecule has 3 aromatic carbocycles. The van der Waals surface area contributed by atoms with Crippen molar-refractivity contribution in [3.05, 3.63) is 98.5 Å². The number of carbonyl (C=O) groups excluding carboxylic acids is 1. The van der Waals surface area contributed by atoms with Gasteiger partial charge >= 0.3 is 5.97 Å². The highest BCUT2D eigenvalue weighted by molar-refractivity contribution is 9.10. The molecule has 1 heterocycles. The molecule has 186 valence electrons. The molecular formula is C29H27BrClNO4. The van der Waals surface area contributed by atoms with E-state index in [2.05, 4.69) is 45.5 Å². The summed E-state index contributed by atoms with van der Waals surface area (Å²) in [4.78, 5) is 12.7. The summed E-state index contributed by atoms with van der Waals surface area (Å²) in [5.41, 5.74) is 4.47. The van der Waals surface area contributed by atoms with E-state index in [1.807, 2.05) is 49.4 Å². The topological polar surface area (TPSA) is 56.8 Å². The quantitative estimate of drug-likeness (QED) is 0.234. The lowest BCUT2D eigenvalue weighted by Gasteiger charge is -2.38. The van der Waals surface area contributed by atoms with Crippen LogP contribution in [0.4, 0.5) is 5.69 Å². The third-order valence-corrected chi connectivity index (χ3v) is 7.79. The number of para-hydroxylation sites is 1. The van der Waals surface area contributed by atoms with Crippen LogP contribution in [0.1, 0.15) is 52.4 Å². The van der Waals surface area contributed by atoms with Crippen LogP contribution in [-0.2, 0) is 11.3 Å². The van der Waals surface area contributed by atoms with Crippen LogP contribution in [0.25, 0.3) is 0 Å². The average molecular weight is 569 g/mol. The number of methoxy groups -OCH3 is 1. The maximum Gasteiger partial charge on any atom is 0.340 e. The molecule has 0 aromatic heterocycles. The first-order chi connectivity index (χ1) is 17.5. The van der Waals surface area contributed by atoms with Crippen LogP contribution in [0.5, 0.6) is 11.5 Å². The second-order valence-electron chi connectivity index (χ2n) is 8.88. The Balaban J connectivity index is 1.49. The van der Waals surface area contributed by atoms with Crippen LogP contribution in [0.15, 0.2) is 71.2 Å². The molecule has 5 rings (SSSR count). The highest BCUT2D eigenvalue weighted by atomic mass is 79.9. The van der Waals surface area contributed by atoms with Gasteiger partial charge in [0.2, 0.25) is 0 Å². The monoisotopic (exact) mass is 567 g/mol. The highest BCUT2D eigenvalue weighted by Gasteiger charge is 2.40. The number of halogens is 2. The van der Waals surface area contributed by atoms with E-state index in [0.717, 1.165) is 33.3 Å². The average Bonchev–Trinajstić information content (AvgIpc) is 3.38. The van der Waals surface area contributed by atoms with Crippen molar-refractivity contribution in [3.8, 4) is 11.5 Å². The molecule has 2 aliphatic rings. The first kappa shape index (κ1) is 24.7. The van der Waals surface area contributed by atoms with Gasteiger partial charge in [0.25, 0.3) is 0 Å². The van der Waals surface area contributed by atoms with E-state index in [9.17, 15) is 4.79 Å². The van der Waals surface area contributed by atoms with E-state index in [-0.39, 0.29) is 17.9 Å². The van der Waals surface area contributed by atoms with E-state index in [4.69, 9.17) is 25.8 Å². The molecule has 7 heteroatoms. The molecule has 0 unspecified atom stereocenters. The molecule has 3 atom stereocenters. The fourth-order valence-electron chi connectivity index (χ4n) is 5.16. The Morgan fingerprint density at radius 1 is 1.17 bits per heavy atom. The summed E-state index contributed by atoms with van der Waals surface area (Å²) < 4.78 is 18.0. The van der Waals surface area contributed by atoms with Gasteiger partial charge in [0, 0.05) is 16.5 Å². The molecule has 1 aliphatic heterocycles. The van der Waals surface area contributed by atoms with E-state index in [1.165, 1.54) is 0 Å². The smallest absolute Gasteiger partial charge is 0.340 e. The predicted molar refractivity (Wildman–Crippen MR) is 145 cm³/mol. The molecule has 0 saturated carbocycles. The van der Waals surface area contributed by atoms with Gasteiger partial charge in [0.1, 0.15) is 6.61 Å². The predicted octanol–water partition coefficient (Wildman–Crippen LogP) is 7.69. The number of esters is 1. The molecule has 0 fully saturated rings. The lowest BCUT2D eigenvalue weighted by Crippen LogP contribution is -2.30. The zero-order valence-electron chi connectivity index (χ0n) is 20.1. The van der Waals surface area contributed by atoms with Gasteiger partial charge in [-0.05, 0) is 70.6 Å². The van der Waals surface area contributed by atoms with Crippen LogP contribution in [0.2, 0.25) is 5.02 Å². The second-order valence-corrected chi connectivity index (χ2v) is 10.1. The van der Waals surface area contributed by atoms with Gasteiger partial charge in [-0.3, -0.25) is 0 Å². The number of benzene rings is 3. The molecule has 36 heavy (non-hydrogen) atoms. The fourth-order valence-corrected chi connectivity index (χ4v) is 5.92. The van der Waals surface area contributed by atoms with Gasteiger partial charge in [-0.15, -0.1) is 0 Å². The Kier molecular flexibility index (Phi) is 7.26. The minimum absolute atomic E-state index is 0.0316. The summed E-state index contributed by atoms with van der Waals surface area (Å²) >= 11 is 10.0. The Labute approximate surface area is 224 Å². The standard InChI is InChI=1S/C29H27BrClNO4/c1-3-35-29(33)22-12-7-11-21-19-9-6-10-20(19)26(32-27(21)22)18-14-23(30)28(25(15-18)34-2)36-16-17-8-4-5-13-24(17)31/h4-9,11-15,19-20,26,32H,3,10,16H2,1-2H3/t19-,20+,26+/m1/s1. The number of carbonyl (C=O) groups is 1. The largest absolute Gasteiger partial charge is 0.493 e. The number of anilines is 1. The van der Waals surface area contributed by atoms with Crippen molar-refractivity contribution in [2.45, 2.75) is 31.9 Å². The van der Waals surface area contributed by atoms with Gasteiger partial charge in [-0.1, -0.05) is 54.1 Å². The van der Waals surface area contributed by atoms with Gasteiger partial charge in [-0.2, -0.15) is 0 Å². The maximum atomic E-state index is 12.7. The van der Waals surface area contributed by atoms with E-state index in [1.54, 1.807) is 7.11 Å². The summed E-state index contributed by atoms with van der Waals surface area (Å²) in [5.74, 6) is 1.44. The molecule has 1 aliphatic carbocycles. The Morgan fingerprint density at radius 2 is 2.00 bits per heavy atom. The van der Waals surface area contributed by atoms with Crippen LogP contribution in [0.3, 0.4) is 0 Å². The second kappa shape index (κ2) is 10.6. The molecular weight excluding hydrogens is 542 g/mol. The normalized spacial score (nSPS) is 19.7. The molecule has 0 radical (unpaired) electrons. The first-order valence-corrected chi connectivity index (χ1v) is 13.2. The molecule has 0 spiro atoms. The molecule has 0 saturated heterocycles. The van der Waals surface area contributed by atoms with Crippen LogP contribution in [0, 0.1) is 5.92 Å². The van der Waals surface area contributed by atoms with E-state index in [0.29, 0.717) is 41.2 Å². The maximum absolute atomic E-state index is 12.7.